The Morgan fingerprint density at radius 1 is 1.27 bits per heavy atom. The fourth-order valence-corrected chi connectivity index (χ4v) is 3.85. The molecule has 3 rings (SSSR count). The van der Waals surface area contributed by atoms with Gasteiger partial charge in [-0.2, -0.15) is 0 Å². The number of fused-ring (bicyclic) bond motifs is 1. The highest BCUT2D eigenvalue weighted by molar-refractivity contribution is 7.99. The summed E-state index contributed by atoms with van der Waals surface area (Å²) < 4.78 is 5.49. The van der Waals surface area contributed by atoms with Crippen LogP contribution in [-0.2, 0) is 0 Å². The summed E-state index contributed by atoms with van der Waals surface area (Å²) in [6.45, 7) is 2.65. The fourth-order valence-electron chi connectivity index (χ4n) is 2.18. The summed E-state index contributed by atoms with van der Waals surface area (Å²) in [4.78, 5) is 9.73. The lowest BCUT2D eigenvalue weighted by Crippen LogP contribution is -1.90. The Morgan fingerprint density at radius 3 is 2.82 bits per heavy atom. The van der Waals surface area contributed by atoms with E-state index in [0.29, 0.717) is 12.4 Å². The zero-order valence-corrected chi connectivity index (χ0v) is 13.7. The minimum absolute atomic E-state index is 0.602. The zero-order valence-electron chi connectivity index (χ0n) is 12.1. The summed E-state index contributed by atoms with van der Waals surface area (Å²) in [5, 5.41) is 4.14. The van der Waals surface area contributed by atoms with Crippen molar-refractivity contribution in [3.63, 3.8) is 0 Å². The summed E-state index contributed by atoms with van der Waals surface area (Å²) >= 11 is 3.19. The van der Waals surface area contributed by atoms with Crippen LogP contribution in [0.5, 0.6) is 5.75 Å². The van der Waals surface area contributed by atoms with Gasteiger partial charge >= 0.3 is 0 Å². The molecule has 0 atom stereocenters. The topological polar surface area (TPSA) is 35.0 Å². The summed E-state index contributed by atoms with van der Waals surface area (Å²) in [6.07, 6.45) is 6.96. The van der Waals surface area contributed by atoms with Gasteiger partial charge in [0, 0.05) is 10.9 Å². The molecule has 0 aliphatic heterocycles. The first-order chi connectivity index (χ1) is 10.8. The maximum absolute atomic E-state index is 5.49. The number of thiophene rings is 1. The molecule has 3 aromatic rings. The van der Waals surface area contributed by atoms with Gasteiger partial charge in [-0.05, 0) is 24.6 Å². The van der Waals surface area contributed by atoms with Crippen LogP contribution in [0.4, 0.5) is 0 Å². The van der Waals surface area contributed by atoms with Gasteiger partial charge in [-0.15, -0.1) is 17.8 Å². The van der Waals surface area contributed by atoms with Gasteiger partial charge in [-0.1, -0.05) is 29.8 Å². The van der Waals surface area contributed by atoms with Gasteiger partial charge < -0.3 is 4.74 Å². The summed E-state index contributed by atoms with van der Waals surface area (Å²) in [6, 6.07) is 8.10. The van der Waals surface area contributed by atoms with Crippen molar-refractivity contribution in [2.45, 2.75) is 11.9 Å². The van der Waals surface area contributed by atoms with Gasteiger partial charge in [0.15, 0.2) is 0 Å². The van der Waals surface area contributed by atoms with Gasteiger partial charge in [0.1, 0.15) is 21.9 Å². The molecule has 1 aromatic carbocycles. The molecule has 2 aromatic heterocycles. The molecule has 22 heavy (non-hydrogen) atoms. The lowest BCUT2D eigenvalue weighted by atomic mass is 10.1. The first-order valence-corrected chi connectivity index (χ1v) is 8.71. The van der Waals surface area contributed by atoms with Crippen LogP contribution < -0.4 is 4.74 Å². The molecule has 0 spiro atoms. The molecule has 0 amide bonds. The monoisotopic (exact) mass is 326 g/mol. The molecule has 0 fully saturated rings. The molecular formula is C17H14N2OS2. The Labute approximate surface area is 137 Å². The van der Waals surface area contributed by atoms with Crippen LogP contribution in [0.2, 0.25) is 0 Å². The van der Waals surface area contributed by atoms with Crippen molar-refractivity contribution in [2.24, 2.45) is 0 Å². The molecule has 5 heteroatoms. The van der Waals surface area contributed by atoms with E-state index in [0.717, 1.165) is 32.1 Å². The minimum Gasteiger partial charge on any atom is -0.494 e. The number of aromatic nitrogens is 2. The molecule has 0 saturated heterocycles. The smallest absolute Gasteiger partial charge is 0.128 e. The van der Waals surface area contributed by atoms with Crippen LogP contribution in [0.1, 0.15) is 6.92 Å². The molecule has 0 bridgehead atoms. The van der Waals surface area contributed by atoms with E-state index in [1.165, 1.54) is 0 Å². The predicted octanol–water partition coefficient (Wildman–Crippen LogP) is 4.48. The third-order valence-corrected chi connectivity index (χ3v) is 4.88. The molecule has 0 unspecified atom stereocenters. The number of terminal acetylenes is 1. The van der Waals surface area contributed by atoms with Crippen molar-refractivity contribution in [3.8, 4) is 29.2 Å². The third-order valence-electron chi connectivity index (χ3n) is 3.10. The van der Waals surface area contributed by atoms with Crippen LogP contribution in [0.25, 0.3) is 21.3 Å². The lowest BCUT2D eigenvalue weighted by molar-refractivity contribution is 0.340. The molecule has 0 N–H and O–H groups in total. The first kappa shape index (κ1) is 14.9. The largest absolute Gasteiger partial charge is 0.494 e. The standard InChI is InChI=1S/C17H14N2OS2/c1-3-9-21-16-15-14(10-22-17(15)19-11-18-16)12-5-7-13(8-6-12)20-4-2/h1,5-8,10-11H,4,9H2,2H3. The van der Waals surface area contributed by atoms with E-state index in [9.17, 15) is 0 Å². The van der Waals surface area contributed by atoms with Crippen molar-refractivity contribution in [1.82, 2.24) is 9.97 Å². The quantitative estimate of drug-likeness (QED) is 0.393. The zero-order chi connectivity index (χ0) is 15.4. The third kappa shape index (κ3) is 2.94. The molecule has 0 aliphatic rings. The normalized spacial score (nSPS) is 10.5. The fraction of sp³-hybridized carbons (Fsp3) is 0.176. The molecular weight excluding hydrogens is 312 g/mol. The average Bonchev–Trinajstić information content (AvgIpc) is 2.99. The van der Waals surface area contributed by atoms with Gasteiger partial charge in [-0.25, -0.2) is 9.97 Å². The van der Waals surface area contributed by atoms with Gasteiger partial charge in [0.05, 0.1) is 17.7 Å². The van der Waals surface area contributed by atoms with Crippen molar-refractivity contribution in [1.29, 1.82) is 0 Å². The number of hydrogen-bond acceptors (Lipinski definition) is 5. The number of rotatable bonds is 5. The highest BCUT2D eigenvalue weighted by Crippen LogP contribution is 2.38. The molecule has 0 saturated carbocycles. The minimum atomic E-state index is 0.602. The van der Waals surface area contributed by atoms with Gasteiger partial charge in [0.25, 0.3) is 0 Å². The maximum Gasteiger partial charge on any atom is 0.128 e. The number of hydrogen-bond donors (Lipinski definition) is 0. The summed E-state index contributed by atoms with van der Waals surface area (Å²) in [5.41, 5.74) is 2.27. The van der Waals surface area contributed by atoms with Crippen molar-refractivity contribution >= 4 is 33.3 Å². The van der Waals surface area contributed by atoms with Crippen molar-refractivity contribution in [3.05, 3.63) is 36.0 Å². The Bertz CT molecular complexity index is 819. The molecule has 0 radical (unpaired) electrons. The van der Waals surface area contributed by atoms with E-state index in [-0.39, 0.29) is 0 Å². The highest BCUT2D eigenvalue weighted by Gasteiger charge is 2.13. The number of thioether (sulfide) groups is 1. The Hall–Kier alpha value is -2.03. The first-order valence-electron chi connectivity index (χ1n) is 6.85. The van der Waals surface area contributed by atoms with Crippen LogP contribution in [0.15, 0.2) is 41.0 Å². The molecule has 2 heterocycles. The number of ether oxygens (including phenoxy) is 1. The van der Waals surface area contributed by atoms with Gasteiger partial charge in [-0.3, -0.25) is 0 Å². The average molecular weight is 326 g/mol. The van der Waals surface area contributed by atoms with Crippen molar-refractivity contribution in [2.75, 3.05) is 12.4 Å². The second-order valence-electron chi connectivity index (χ2n) is 4.46. The number of nitrogens with zero attached hydrogens (tertiary/aromatic N) is 2. The maximum atomic E-state index is 5.49. The highest BCUT2D eigenvalue weighted by atomic mass is 32.2. The van der Waals surface area contributed by atoms with E-state index in [2.05, 4.69) is 33.4 Å². The van der Waals surface area contributed by atoms with E-state index in [1.807, 2.05) is 19.1 Å². The summed E-state index contributed by atoms with van der Waals surface area (Å²) in [7, 11) is 0. The van der Waals surface area contributed by atoms with Gasteiger partial charge in [0.2, 0.25) is 0 Å². The van der Waals surface area contributed by atoms with E-state index in [4.69, 9.17) is 11.2 Å². The second kappa shape index (κ2) is 6.82. The Balaban J connectivity index is 2.05. The van der Waals surface area contributed by atoms with Crippen LogP contribution in [0, 0.1) is 12.3 Å². The SMILES string of the molecule is C#CCSc1ncnc2scc(-c3ccc(OCC)cc3)c12. The Morgan fingerprint density at radius 2 is 2.09 bits per heavy atom. The van der Waals surface area contributed by atoms with Crippen LogP contribution >= 0.6 is 23.1 Å². The van der Waals surface area contributed by atoms with Crippen LogP contribution in [0.3, 0.4) is 0 Å². The molecule has 110 valence electrons. The molecule has 0 aliphatic carbocycles. The lowest BCUT2D eigenvalue weighted by Gasteiger charge is -2.06. The predicted molar refractivity (Wildman–Crippen MR) is 93.6 cm³/mol. The van der Waals surface area contributed by atoms with Crippen LogP contribution in [-0.4, -0.2) is 22.3 Å². The summed E-state index contributed by atoms with van der Waals surface area (Å²) in [5.74, 6) is 4.12. The van der Waals surface area contributed by atoms with E-state index in [1.54, 1.807) is 29.4 Å². The van der Waals surface area contributed by atoms with E-state index >= 15 is 0 Å². The van der Waals surface area contributed by atoms with E-state index < -0.39 is 0 Å². The number of benzene rings is 1. The van der Waals surface area contributed by atoms with Crippen molar-refractivity contribution < 1.29 is 4.74 Å². The second-order valence-corrected chi connectivity index (χ2v) is 6.28. The Kier molecular flexibility index (Phi) is 4.62. The molecule has 3 nitrogen and oxygen atoms in total.